The predicted octanol–water partition coefficient (Wildman–Crippen LogP) is 2.50. The van der Waals surface area contributed by atoms with Crippen LogP contribution in [0.15, 0.2) is 24.3 Å². The molecule has 0 spiro atoms. The van der Waals surface area contributed by atoms with Crippen molar-refractivity contribution in [2.75, 3.05) is 11.9 Å². The number of carbonyl (C=O) groups is 2. The van der Waals surface area contributed by atoms with Crippen molar-refractivity contribution in [1.29, 1.82) is 0 Å². The molecule has 134 valence electrons. The van der Waals surface area contributed by atoms with E-state index in [-0.39, 0.29) is 0 Å². The van der Waals surface area contributed by atoms with E-state index in [4.69, 9.17) is 0 Å². The number of alkyl halides is 6. The number of halogens is 6. The maximum Gasteiger partial charge on any atom is 0.471 e. The summed E-state index contributed by atoms with van der Waals surface area (Å²) in [4.78, 5) is 22.2. The first-order valence-corrected chi connectivity index (χ1v) is 6.29. The van der Waals surface area contributed by atoms with Gasteiger partial charge >= 0.3 is 24.2 Å². The highest BCUT2D eigenvalue weighted by molar-refractivity contribution is 5.95. The first-order chi connectivity index (χ1) is 10.8. The molecule has 0 aromatic heterocycles. The minimum absolute atomic E-state index is 0.434. The van der Waals surface area contributed by atoms with Crippen LogP contribution < -0.4 is 5.32 Å². The summed E-state index contributed by atoms with van der Waals surface area (Å²) in [6.07, 6.45) is -10.6. The van der Waals surface area contributed by atoms with Gasteiger partial charge in [0.2, 0.25) is 0 Å². The normalized spacial score (nSPS) is 14.7. The molecule has 0 heterocycles. The van der Waals surface area contributed by atoms with Crippen LogP contribution >= 0.6 is 0 Å². The second-order valence-electron chi connectivity index (χ2n) is 4.46. The fourth-order valence-corrected chi connectivity index (χ4v) is 1.63. The predicted molar refractivity (Wildman–Crippen MR) is 67.7 cm³/mol. The molecular weight excluding hydrogens is 348 g/mol. The number of hydrogen-bond acceptors (Lipinski definition) is 4. The highest BCUT2D eigenvalue weighted by Gasteiger charge is 2.62. The number of hydrogen-bond donors (Lipinski definition) is 2. The molecule has 0 aliphatic heterocycles. The van der Waals surface area contributed by atoms with E-state index in [1.807, 2.05) is 0 Å². The maximum absolute atomic E-state index is 13.1. The lowest BCUT2D eigenvalue weighted by molar-refractivity contribution is -0.267. The Morgan fingerprint density at radius 3 is 1.96 bits per heavy atom. The average molecular weight is 359 g/mol. The fourth-order valence-electron chi connectivity index (χ4n) is 1.63. The Kier molecular flexibility index (Phi) is 5.49. The fraction of sp³-hybridized carbons (Fsp3) is 0.385. The van der Waals surface area contributed by atoms with Crippen LogP contribution in [0.4, 0.5) is 32.0 Å². The number of esters is 1. The minimum Gasteiger partial charge on any atom is -0.463 e. The molecule has 1 amide bonds. The molecule has 1 aromatic rings. The van der Waals surface area contributed by atoms with Gasteiger partial charge in [0.15, 0.2) is 0 Å². The molecule has 0 fully saturated rings. The summed E-state index contributed by atoms with van der Waals surface area (Å²) in [5, 5.41) is 11.2. The first-order valence-electron chi connectivity index (χ1n) is 6.29. The van der Waals surface area contributed by atoms with Crippen molar-refractivity contribution in [1.82, 2.24) is 0 Å². The number of nitrogens with one attached hydrogen (secondary N) is 1. The Bertz CT molecular complexity index is 610. The van der Waals surface area contributed by atoms with E-state index in [0.717, 1.165) is 0 Å². The van der Waals surface area contributed by atoms with Gasteiger partial charge in [-0.15, -0.1) is 0 Å². The van der Waals surface area contributed by atoms with Gasteiger partial charge < -0.3 is 15.2 Å². The molecule has 0 saturated heterocycles. The van der Waals surface area contributed by atoms with E-state index in [1.54, 1.807) is 0 Å². The molecule has 0 aliphatic carbocycles. The lowest BCUT2D eigenvalue weighted by Crippen LogP contribution is -2.50. The molecule has 0 bridgehead atoms. The van der Waals surface area contributed by atoms with Crippen molar-refractivity contribution in [3.8, 4) is 0 Å². The molecule has 0 radical (unpaired) electrons. The quantitative estimate of drug-likeness (QED) is 0.640. The van der Waals surface area contributed by atoms with Gasteiger partial charge in [-0.2, -0.15) is 26.3 Å². The van der Waals surface area contributed by atoms with Crippen LogP contribution in [0.3, 0.4) is 0 Å². The number of rotatable bonds is 4. The average Bonchev–Trinajstić information content (AvgIpc) is 2.45. The second-order valence-corrected chi connectivity index (χ2v) is 4.46. The number of aliphatic hydroxyl groups is 1. The molecule has 2 N–H and O–H groups in total. The maximum atomic E-state index is 13.1. The molecule has 11 heteroatoms. The van der Waals surface area contributed by atoms with E-state index < -0.39 is 47.7 Å². The Balaban J connectivity index is 3.16. The van der Waals surface area contributed by atoms with Crippen LogP contribution in [-0.4, -0.2) is 35.9 Å². The van der Waals surface area contributed by atoms with Crippen LogP contribution in [0.2, 0.25) is 0 Å². The Morgan fingerprint density at radius 2 is 1.58 bits per heavy atom. The van der Waals surface area contributed by atoms with Crippen molar-refractivity contribution < 1.29 is 45.8 Å². The van der Waals surface area contributed by atoms with Crippen molar-refractivity contribution in [2.45, 2.75) is 24.9 Å². The molecule has 24 heavy (non-hydrogen) atoms. The molecule has 5 nitrogen and oxygen atoms in total. The largest absolute Gasteiger partial charge is 0.471 e. The zero-order valence-electron chi connectivity index (χ0n) is 12.0. The van der Waals surface area contributed by atoms with Crippen LogP contribution in [0.1, 0.15) is 12.5 Å². The summed E-state index contributed by atoms with van der Waals surface area (Å²) in [6, 6.07) is 2.45. The number of amides is 1. The van der Waals surface area contributed by atoms with Gasteiger partial charge in [-0.1, -0.05) is 12.1 Å². The van der Waals surface area contributed by atoms with Crippen molar-refractivity contribution in [3.05, 3.63) is 29.8 Å². The van der Waals surface area contributed by atoms with Gasteiger partial charge in [-0.25, -0.2) is 4.79 Å². The highest BCUT2D eigenvalue weighted by Crippen LogP contribution is 2.40. The van der Waals surface area contributed by atoms with Crippen LogP contribution in [0.5, 0.6) is 0 Å². The lowest BCUT2D eigenvalue weighted by Gasteiger charge is -2.28. The first kappa shape index (κ1) is 19.7. The van der Waals surface area contributed by atoms with Crippen molar-refractivity contribution in [2.24, 2.45) is 0 Å². The van der Waals surface area contributed by atoms with E-state index >= 15 is 0 Å². The molecule has 0 saturated carbocycles. The Hall–Kier alpha value is -2.30. The standard InChI is InChI=1S/C13H11F6NO4/c1-2-24-10(22)11(23,13(17,18)19)7-3-5-8(6-4-7)20-9(21)12(14,15)16/h3-6,23H,2H2,1H3,(H,20,21). The minimum atomic E-state index is -5.43. The van der Waals surface area contributed by atoms with E-state index in [1.165, 1.54) is 12.2 Å². The highest BCUT2D eigenvalue weighted by atomic mass is 19.4. The molecular formula is C13H11F6NO4. The molecule has 0 aliphatic rings. The van der Waals surface area contributed by atoms with Crippen molar-refractivity contribution in [3.63, 3.8) is 0 Å². The van der Waals surface area contributed by atoms with E-state index in [9.17, 15) is 41.0 Å². The lowest BCUT2D eigenvalue weighted by atomic mass is 9.93. The van der Waals surface area contributed by atoms with E-state index in [2.05, 4.69) is 4.74 Å². The van der Waals surface area contributed by atoms with Gasteiger partial charge in [0.05, 0.1) is 6.61 Å². The SMILES string of the molecule is CCOC(=O)C(O)(c1ccc(NC(=O)C(F)(F)F)cc1)C(F)(F)F. The Labute approximate surface area is 131 Å². The third-order valence-corrected chi connectivity index (χ3v) is 2.80. The van der Waals surface area contributed by atoms with Crippen LogP contribution in [0.25, 0.3) is 0 Å². The molecule has 1 atom stereocenters. The number of ether oxygens (including phenoxy) is 1. The molecule has 1 rings (SSSR count). The topological polar surface area (TPSA) is 75.6 Å². The van der Waals surface area contributed by atoms with Gasteiger partial charge in [-0.05, 0) is 19.1 Å². The summed E-state index contributed by atoms with van der Waals surface area (Å²) in [6.45, 7) is 0.793. The summed E-state index contributed by atoms with van der Waals surface area (Å²) in [5.74, 6) is -4.31. The molecule has 1 aromatic carbocycles. The van der Waals surface area contributed by atoms with Crippen molar-refractivity contribution >= 4 is 17.6 Å². The monoisotopic (exact) mass is 359 g/mol. The van der Waals surface area contributed by atoms with Gasteiger partial charge in [-0.3, -0.25) is 4.79 Å². The van der Waals surface area contributed by atoms with Crippen LogP contribution in [0, 0.1) is 0 Å². The van der Waals surface area contributed by atoms with Gasteiger partial charge in [0.25, 0.3) is 5.60 Å². The Morgan fingerprint density at radius 1 is 1.08 bits per heavy atom. The summed E-state index contributed by atoms with van der Waals surface area (Å²) in [5.41, 5.74) is -5.44. The molecule has 1 unspecified atom stereocenters. The summed E-state index contributed by atoms with van der Waals surface area (Å²) in [7, 11) is 0. The number of benzene rings is 1. The zero-order valence-corrected chi connectivity index (χ0v) is 12.0. The number of carbonyl (C=O) groups excluding carboxylic acids is 2. The van der Waals surface area contributed by atoms with Crippen LogP contribution in [-0.2, 0) is 19.9 Å². The van der Waals surface area contributed by atoms with Gasteiger partial charge in [0.1, 0.15) is 0 Å². The van der Waals surface area contributed by atoms with E-state index in [0.29, 0.717) is 24.3 Å². The summed E-state index contributed by atoms with van der Waals surface area (Å²) < 4.78 is 79.6. The smallest absolute Gasteiger partial charge is 0.463 e. The second kappa shape index (κ2) is 6.67. The third-order valence-electron chi connectivity index (χ3n) is 2.80. The third kappa shape index (κ3) is 3.96. The van der Waals surface area contributed by atoms with Gasteiger partial charge in [0, 0.05) is 11.3 Å². The summed E-state index contributed by atoms with van der Waals surface area (Å²) >= 11 is 0. The number of anilines is 1. The zero-order chi connectivity index (χ0) is 18.8.